The van der Waals surface area contributed by atoms with Gasteiger partial charge in [0.2, 0.25) is 0 Å². The Morgan fingerprint density at radius 2 is 2.05 bits per heavy atom. The minimum Gasteiger partial charge on any atom is -0.355 e. The molecule has 20 heavy (non-hydrogen) atoms. The second-order valence-electron chi connectivity index (χ2n) is 4.30. The summed E-state index contributed by atoms with van der Waals surface area (Å²) in [6.07, 6.45) is 0.865. The molecular formula is C14H16ClN3O2. The predicted molar refractivity (Wildman–Crippen MR) is 77.8 cm³/mol. The van der Waals surface area contributed by atoms with E-state index in [0.29, 0.717) is 17.3 Å². The summed E-state index contributed by atoms with van der Waals surface area (Å²) in [7, 11) is 1.87. The van der Waals surface area contributed by atoms with Crippen molar-refractivity contribution in [3.8, 4) is 11.3 Å². The number of rotatable bonds is 6. The molecule has 0 saturated carbocycles. The molecule has 5 nitrogen and oxygen atoms in total. The zero-order valence-electron chi connectivity index (χ0n) is 11.1. The van der Waals surface area contributed by atoms with E-state index in [1.54, 1.807) is 18.2 Å². The molecule has 0 spiro atoms. The van der Waals surface area contributed by atoms with Crippen LogP contribution in [0.15, 0.2) is 34.9 Å². The standard InChI is InChI=1S/C14H16ClN3O2/c1-16-7-2-8-17-14(19)12-9-13(20-18-12)10-3-5-11(15)6-4-10/h3-6,9,16H,2,7-8H2,1H3,(H,17,19). The van der Waals surface area contributed by atoms with E-state index in [1.165, 1.54) is 0 Å². The molecule has 0 radical (unpaired) electrons. The lowest BCUT2D eigenvalue weighted by molar-refractivity contribution is 0.0944. The molecule has 106 valence electrons. The van der Waals surface area contributed by atoms with Crippen LogP contribution in [0, 0.1) is 0 Å². The van der Waals surface area contributed by atoms with Gasteiger partial charge in [-0.2, -0.15) is 0 Å². The maximum atomic E-state index is 11.8. The smallest absolute Gasteiger partial charge is 0.273 e. The molecule has 0 unspecified atom stereocenters. The number of amides is 1. The fourth-order valence-electron chi connectivity index (χ4n) is 1.69. The molecule has 0 atom stereocenters. The highest BCUT2D eigenvalue weighted by Gasteiger charge is 2.13. The van der Waals surface area contributed by atoms with Crippen molar-refractivity contribution in [2.45, 2.75) is 6.42 Å². The Morgan fingerprint density at radius 3 is 2.75 bits per heavy atom. The number of nitrogens with zero attached hydrogens (tertiary/aromatic N) is 1. The van der Waals surface area contributed by atoms with Gasteiger partial charge >= 0.3 is 0 Å². The average Bonchev–Trinajstić information content (AvgIpc) is 2.94. The van der Waals surface area contributed by atoms with Gasteiger partial charge in [0.1, 0.15) is 0 Å². The van der Waals surface area contributed by atoms with Gasteiger partial charge in [-0.25, -0.2) is 0 Å². The lowest BCUT2D eigenvalue weighted by Crippen LogP contribution is -2.26. The maximum absolute atomic E-state index is 11.8. The number of carbonyl (C=O) groups excluding carboxylic acids is 1. The Kier molecular flexibility index (Phi) is 5.15. The molecule has 1 aromatic carbocycles. The molecule has 0 saturated heterocycles. The first-order valence-corrected chi connectivity index (χ1v) is 6.74. The monoisotopic (exact) mass is 293 g/mol. The topological polar surface area (TPSA) is 67.2 Å². The molecule has 2 N–H and O–H groups in total. The summed E-state index contributed by atoms with van der Waals surface area (Å²) in [4.78, 5) is 11.8. The van der Waals surface area contributed by atoms with E-state index in [0.717, 1.165) is 18.5 Å². The number of nitrogens with one attached hydrogen (secondary N) is 2. The first-order valence-electron chi connectivity index (χ1n) is 6.36. The largest absolute Gasteiger partial charge is 0.355 e. The molecule has 0 aliphatic heterocycles. The van der Waals surface area contributed by atoms with Crippen molar-refractivity contribution in [2.75, 3.05) is 20.1 Å². The Hall–Kier alpha value is -1.85. The summed E-state index contributed by atoms with van der Waals surface area (Å²) < 4.78 is 5.17. The van der Waals surface area contributed by atoms with Gasteiger partial charge in [0.25, 0.3) is 5.91 Å². The van der Waals surface area contributed by atoms with Gasteiger partial charge in [0.05, 0.1) is 0 Å². The highest BCUT2D eigenvalue weighted by Crippen LogP contribution is 2.22. The summed E-state index contributed by atoms with van der Waals surface area (Å²) in [6.45, 7) is 1.46. The number of aromatic nitrogens is 1. The van der Waals surface area contributed by atoms with Crippen LogP contribution < -0.4 is 10.6 Å². The molecule has 0 aliphatic carbocycles. The van der Waals surface area contributed by atoms with Crippen LogP contribution in [0.4, 0.5) is 0 Å². The third kappa shape index (κ3) is 3.82. The van der Waals surface area contributed by atoms with Crippen LogP contribution in [-0.2, 0) is 0 Å². The predicted octanol–water partition coefficient (Wildman–Crippen LogP) is 2.33. The summed E-state index contributed by atoms with van der Waals surface area (Å²) in [5.74, 6) is 0.312. The lowest BCUT2D eigenvalue weighted by Gasteiger charge is -2.01. The normalized spacial score (nSPS) is 10.5. The average molecular weight is 294 g/mol. The number of benzene rings is 1. The van der Waals surface area contributed by atoms with Crippen molar-refractivity contribution in [1.29, 1.82) is 0 Å². The van der Waals surface area contributed by atoms with Gasteiger partial charge in [0.15, 0.2) is 11.5 Å². The van der Waals surface area contributed by atoms with Gasteiger partial charge in [-0.05, 0) is 44.3 Å². The number of carbonyl (C=O) groups is 1. The Labute approximate surface area is 122 Å². The molecule has 0 fully saturated rings. The fraction of sp³-hybridized carbons (Fsp3) is 0.286. The van der Waals surface area contributed by atoms with Crippen LogP contribution in [0.5, 0.6) is 0 Å². The van der Waals surface area contributed by atoms with Crippen LogP contribution in [0.1, 0.15) is 16.9 Å². The van der Waals surface area contributed by atoms with Crippen molar-refractivity contribution < 1.29 is 9.32 Å². The molecule has 1 heterocycles. The lowest BCUT2D eigenvalue weighted by atomic mass is 10.1. The molecule has 1 amide bonds. The van der Waals surface area contributed by atoms with Crippen molar-refractivity contribution in [3.05, 3.63) is 41.0 Å². The first-order chi connectivity index (χ1) is 9.70. The van der Waals surface area contributed by atoms with Gasteiger partial charge in [0, 0.05) is 23.2 Å². The molecule has 2 rings (SSSR count). The zero-order valence-corrected chi connectivity index (χ0v) is 11.9. The zero-order chi connectivity index (χ0) is 14.4. The minimum atomic E-state index is -0.231. The Balaban J connectivity index is 1.98. The van der Waals surface area contributed by atoms with Gasteiger partial charge < -0.3 is 15.2 Å². The van der Waals surface area contributed by atoms with Gasteiger partial charge in [-0.3, -0.25) is 4.79 Å². The summed E-state index contributed by atoms with van der Waals surface area (Å²) >= 11 is 5.82. The molecule has 0 aliphatic rings. The summed E-state index contributed by atoms with van der Waals surface area (Å²) in [6, 6.07) is 8.78. The summed E-state index contributed by atoms with van der Waals surface area (Å²) in [5.41, 5.74) is 1.11. The maximum Gasteiger partial charge on any atom is 0.273 e. The number of halogens is 1. The van der Waals surface area contributed by atoms with Crippen molar-refractivity contribution in [1.82, 2.24) is 15.8 Å². The quantitative estimate of drug-likeness (QED) is 0.802. The molecule has 1 aromatic heterocycles. The number of hydrogen-bond donors (Lipinski definition) is 2. The number of hydrogen-bond acceptors (Lipinski definition) is 4. The highest BCUT2D eigenvalue weighted by molar-refractivity contribution is 6.30. The third-order valence-corrected chi connectivity index (χ3v) is 3.01. The van der Waals surface area contributed by atoms with Crippen LogP contribution in [0.25, 0.3) is 11.3 Å². The van der Waals surface area contributed by atoms with Crippen LogP contribution in [0.2, 0.25) is 5.02 Å². The highest BCUT2D eigenvalue weighted by atomic mass is 35.5. The Morgan fingerprint density at radius 1 is 1.30 bits per heavy atom. The van der Waals surface area contributed by atoms with E-state index in [-0.39, 0.29) is 11.6 Å². The molecule has 2 aromatic rings. The van der Waals surface area contributed by atoms with E-state index < -0.39 is 0 Å². The molecule has 6 heteroatoms. The van der Waals surface area contributed by atoms with E-state index in [2.05, 4.69) is 15.8 Å². The fourth-order valence-corrected chi connectivity index (χ4v) is 1.82. The minimum absolute atomic E-state index is 0.231. The van der Waals surface area contributed by atoms with Crippen LogP contribution >= 0.6 is 11.6 Å². The second-order valence-corrected chi connectivity index (χ2v) is 4.73. The SMILES string of the molecule is CNCCCNC(=O)c1cc(-c2ccc(Cl)cc2)on1. The van der Waals surface area contributed by atoms with E-state index >= 15 is 0 Å². The van der Waals surface area contributed by atoms with Gasteiger partial charge in [-0.1, -0.05) is 16.8 Å². The van der Waals surface area contributed by atoms with Crippen LogP contribution in [-0.4, -0.2) is 31.2 Å². The molecular weight excluding hydrogens is 278 g/mol. The van der Waals surface area contributed by atoms with E-state index in [9.17, 15) is 4.79 Å². The van der Waals surface area contributed by atoms with E-state index in [1.807, 2.05) is 19.2 Å². The van der Waals surface area contributed by atoms with Gasteiger partial charge in [-0.15, -0.1) is 0 Å². The van der Waals surface area contributed by atoms with E-state index in [4.69, 9.17) is 16.1 Å². The summed E-state index contributed by atoms with van der Waals surface area (Å²) in [5, 5.41) is 10.2. The van der Waals surface area contributed by atoms with Crippen molar-refractivity contribution in [3.63, 3.8) is 0 Å². The van der Waals surface area contributed by atoms with Crippen molar-refractivity contribution >= 4 is 17.5 Å². The van der Waals surface area contributed by atoms with Crippen LogP contribution in [0.3, 0.4) is 0 Å². The third-order valence-electron chi connectivity index (χ3n) is 2.76. The Bertz CT molecular complexity index is 566. The molecule has 0 bridgehead atoms. The van der Waals surface area contributed by atoms with Crippen molar-refractivity contribution in [2.24, 2.45) is 0 Å². The first kappa shape index (κ1) is 14.6. The second kappa shape index (κ2) is 7.07.